The van der Waals surface area contributed by atoms with E-state index < -0.39 is 0 Å². The molecule has 0 bridgehead atoms. The Kier molecular flexibility index (Phi) is 5.58. The van der Waals surface area contributed by atoms with Gasteiger partial charge in [-0.3, -0.25) is 4.90 Å². The standard InChI is InChI=1S/C12H26N2O/c1-3-14(9-10-15-2)12(11-13)7-5-4-6-8-12/h3-11,13H2,1-2H3. The molecule has 1 saturated carbocycles. The number of nitrogens with two attached hydrogens (primary N) is 1. The van der Waals surface area contributed by atoms with Crippen LogP contribution in [0.4, 0.5) is 0 Å². The Hall–Kier alpha value is -0.120. The number of rotatable bonds is 6. The second kappa shape index (κ2) is 6.46. The fourth-order valence-electron chi connectivity index (χ4n) is 2.79. The normalized spacial score (nSPS) is 20.8. The average Bonchev–Trinajstić information content (AvgIpc) is 2.31. The molecule has 0 unspecified atom stereocenters. The van der Waals surface area contributed by atoms with E-state index in [1.165, 1.54) is 32.1 Å². The maximum absolute atomic E-state index is 6.00. The van der Waals surface area contributed by atoms with E-state index in [-0.39, 0.29) is 5.54 Å². The van der Waals surface area contributed by atoms with E-state index in [0.29, 0.717) is 0 Å². The van der Waals surface area contributed by atoms with E-state index in [0.717, 1.165) is 26.2 Å². The van der Waals surface area contributed by atoms with E-state index in [4.69, 9.17) is 10.5 Å². The topological polar surface area (TPSA) is 38.5 Å². The first-order chi connectivity index (χ1) is 7.29. The molecule has 0 saturated heterocycles. The maximum Gasteiger partial charge on any atom is 0.0589 e. The van der Waals surface area contributed by atoms with Crippen molar-refractivity contribution in [2.24, 2.45) is 5.73 Å². The van der Waals surface area contributed by atoms with Gasteiger partial charge in [-0.1, -0.05) is 26.2 Å². The third-order valence-electron chi connectivity index (χ3n) is 3.78. The van der Waals surface area contributed by atoms with Crippen LogP contribution in [0.15, 0.2) is 0 Å². The Bertz CT molecular complexity index is 167. The summed E-state index contributed by atoms with van der Waals surface area (Å²) in [4.78, 5) is 2.52. The number of ether oxygens (including phenoxy) is 1. The van der Waals surface area contributed by atoms with E-state index in [9.17, 15) is 0 Å². The Morgan fingerprint density at radius 2 is 1.93 bits per heavy atom. The number of hydrogen-bond acceptors (Lipinski definition) is 3. The molecular weight excluding hydrogens is 188 g/mol. The molecule has 0 aromatic rings. The Morgan fingerprint density at radius 1 is 1.27 bits per heavy atom. The van der Waals surface area contributed by atoms with Gasteiger partial charge in [0.2, 0.25) is 0 Å². The summed E-state index contributed by atoms with van der Waals surface area (Å²) in [5, 5.41) is 0. The van der Waals surface area contributed by atoms with E-state index in [1.807, 2.05) is 0 Å². The summed E-state index contributed by atoms with van der Waals surface area (Å²) in [6, 6.07) is 0. The summed E-state index contributed by atoms with van der Waals surface area (Å²) in [5.41, 5.74) is 6.27. The van der Waals surface area contributed by atoms with E-state index in [1.54, 1.807) is 7.11 Å². The summed E-state index contributed by atoms with van der Waals surface area (Å²) >= 11 is 0. The smallest absolute Gasteiger partial charge is 0.0589 e. The zero-order chi connectivity index (χ0) is 11.1. The van der Waals surface area contributed by atoms with Gasteiger partial charge in [0.05, 0.1) is 6.61 Å². The first-order valence-electron chi connectivity index (χ1n) is 6.23. The second-order valence-electron chi connectivity index (χ2n) is 4.56. The van der Waals surface area contributed by atoms with Crippen molar-refractivity contribution in [1.29, 1.82) is 0 Å². The van der Waals surface area contributed by atoms with E-state index >= 15 is 0 Å². The van der Waals surface area contributed by atoms with Crippen molar-refractivity contribution in [3.8, 4) is 0 Å². The summed E-state index contributed by atoms with van der Waals surface area (Å²) in [6.07, 6.45) is 6.58. The first kappa shape index (κ1) is 12.9. The van der Waals surface area contributed by atoms with Gasteiger partial charge < -0.3 is 10.5 Å². The molecule has 15 heavy (non-hydrogen) atoms. The summed E-state index contributed by atoms with van der Waals surface area (Å²) in [6.45, 7) is 5.94. The van der Waals surface area contributed by atoms with Crippen LogP contribution in [-0.2, 0) is 4.74 Å². The van der Waals surface area contributed by atoms with Crippen LogP contribution >= 0.6 is 0 Å². The quantitative estimate of drug-likeness (QED) is 0.730. The van der Waals surface area contributed by atoms with Crippen LogP contribution in [0.1, 0.15) is 39.0 Å². The predicted molar refractivity (Wildman–Crippen MR) is 64.0 cm³/mol. The lowest BCUT2D eigenvalue weighted by Crippen LogP contribution is -2.55. The van der Waals surface area contributed by atoms with Gasteiger partial charge in [-0.15, -0.1) is 0 Å². The van der Waals surface area contributed by atoms with Gasteiger partial charge in [0.15, 0.2) is 0 Å². The molecule has 0 aliphatic heterocycles. The molecule has 1 fully saturated rings. The van der Waals surface area contributed by atoms with Crippen molar-refractivity contribution in [1.82, 2.24) is 4.90 Å². The summed E-state index contributed by atoms with van der Waals surface area (Å²) in [7, 11) is 1.77. The molecule has 1 aliphatic carbocycles. The van der Waals surface area contributed by atoms with Gasteiger partial charge >= 0.3 is 0 Å². The highest BCUT2D eigenvalue weighted by Gasteiger charge is 2.35. The third-order valence-corrected chi connectivity index (χ3v) is 3.78. The lowest BCUT2D eigenvalue weighted by atomic mass is 9.80. The second-order valence-corrected chi connectivity index (χ2v) is 4.56. The van der Waals surface area contributed by atoms with Crippen LogP contribution in [0.2, 0.25) is 0 Å². The molecule has 1 aliphatic rings. The number of nitrogens with zero attached hydrogens (tertiary/aromatic N) is 1. The van der Waals surface area contributed by atoms with Crippen LogP contribution in [0.5, 0.6) is 0 Å². The van der Waals surface area contributed by atoms with Crippen LogP contribution in [0.25, 0.3) is 0 Å². The molecule has 90 valence electrons. The fraction of sp³-hybridized carbons (Fsp3) is 1.00. The SMILES string of the molecule is CCN(CCOC)C1(CN)CCCCC1. The highest BCUT2D eigenvalue weighted by Crippen LogP contribution is 2.32. The molecule has 2 N–H and O–H groups in total. The molecule has 0 aromatic heterocycles. The Labute approximate surface area is 94.0 Å². The minimum atomic E-state index is 0.269. The first-order valence-corrected chi connectivity index (χ1v) is 6.23. The van der Waals surface area contributed by atoms with Gasteiger partial charge in [-0.25, -0.2) is 0 Å². The number of methoxy groups -OCH3 is 1. The summed E-state index contributed by atoms with van der Waals surface area (Å²) < 4.78 is 5.17. The minimum absolute atomic E-state index is 0.269. The molecule has 0 aromatic carbocycles. The molecule has 0 amide bonds. The highest BCUT2D eigenvalue weighted by molar-refractivity contribution is 4.93. The molecule has 1 rings (SSSR count). The lowest BCUT2D eigenvalue weighted by molar-refractivity contribution is 0.0377. The molecule has 0 heterocycles. The van der Waals surface area contributed by atoms with Gasteiger partial charge in [-0.05, 0) is 19.4 Å². The highest BCUT2D eigenvalue weighted by atomic mass is 16.5. The van der Waals surface area contributed by atoms with Crippen molar-refractivity contribution in [2.45, 2.75) is 44.6 Å². The van der Waals surface area contributed by atoms with Gasteiger partial charge in [0.1, 0.15) is 0 Å². The van der Waals surface area contributed by atoms with Crippen LogP contribution in [0, 0.1) is 0 Å². The minimum Gasteiger partial charge on any atom is -0.383 e. The van der Waals surface area contributed by atoms with Crippen molar-refractivity contribution >= 4 is 0 Å². The largest absolute Gasteiger partial charge is 0.383 e. The number of hydrogen-bond donors (Lipinski definition) is 1. The van der Waals surface area contributed by atoms with Crippen molar-refractivity contribution in [2.75, 3.05) is 33.4 Å². The van der Waals surface area contributed by atoms with Gasteiger partial charge in [0, 0.05) is 25.7 Å². The van der Waals surface area contributed by atoms with Crippen LogP contribution in [-0.4, -0.2) is 43.8 Å². The molecule has 0 atom stereocenters. The zero-order valence-corrected chi connectivity index (χ0v) is 10.3. The zero-order valence-electron chi connectivity index (χ0n) is 10.3. The van der Waals surface area contributed by atoms with Gasteiger partial charge in [0.25, 0.3) is 0 Å². The maximum atomic E-state index is 6.00. The Morgan fingerprint density at radius 3 is 2.40 bits per heavy atom. The average molecular weight is 214 g/mol. The third kappa shape index (κ3) is 3.16. The monoisotopic (exact) mass is 214 g/mol. The van der Waals surface area contributed by atoms with E-state index in [2.05, 4.69) is 11.8 Å². The molecule has 3 nitrogen and oxygen atoms in total. The lowest BCUT2D eigenvalue weighted by Gasteiger charge is -2.45. The molecule has 3 heteroatoms. The van der Waals surface area contributed by atoms with Gasteiger partial charge in [-0.2, -0.15) is 0 Å². The number of likely N-dealkylation sites (N-methyl/N-ethyl adjacent to an activating group) is 1. The molecule has 0 radical (unpaired) electrons. The van der Waals surface area contributed by atoms with Crippen LogP contribution in [0.3, 0.4) is 0 Å². The summed E-state index contributed by atoms with van der Waals surface area (Å²) in [5.74, 6) is 0. The molecular formula is C12H26N2O. The van der Waals surface area contributed by atoms with Crippen molar-refractivity contribution in [3.05, 3.63) is 0 Å². The molecule has 0 spiro atoms. The van der Waals surface area contributed by atoms with Crippen molar-refractivity contribution in [3.63, 3.8) is 0 Å². The Balaban J connectivity index is 2.58. The van der Waals surface area contributed by atoms with Crippen molar-refractivity contribution < 1.29 is 4.74 Å². The fourth-order valence-corrected chi connectivity index (χ4v) is 2.79. The predicted octanol–water partition coefficient (Wildman–Crippen LogP) is 1.62. The van der Waals surface area contributed by atoms with Crippen LogP contribution < -0.4 is 5.73 Å².